The lowest BCUT2D eigenvalue weighted by Crippen LogP contribution is -2.57. The van der Waals surface area contributed by atoms with Gasteiger partial charge in [-0.05, 0) is 43.9 Å². The minimum atomic E-state index is 0.154. The number of nitrogens with one attached hydrogen (secondary N) is 1. The van der Waals surface area contributed by atoms with E-state index in [1.807, 2.05) is 0 Å². The summed E-state index contributed by atoms with van der Waals surface area (Å²) in [5.41, 5.74) is 0.667. The lowest BCUT2D eigenvalue weighted by atomic mass is 9.80. The van der Waals surface area contributed by atoms with E-state index >= 15 is 0 Å². The van der Waals surface area contributed by atoms with Crippen LogP contribution in [0.25, 0.3) is 0 Å². The number of rotatable bonds is 3. The molecule has 2 unspecified atom stereocenters. The summed E-state index contributed by atoms with van der Waals surface area (Å²) in [5.74, 6) is 0. The van der Waals surface area contributed by atoms with Crippen LogP contribution in [0.4, 0.5) is 0 Å². The van der Waals surface area contributed by atoms with Gasteiger partial charge in [-0.15, -0.1) is 0 Å². The zero-order valence-electron chi connectivity index (χ0n) is 12.6. The molecule has 1 heterocycles. The first-order valence-corrected chi connectivity index (χ1v) is 7.95. The first-order chi connectivity index (χ1) is 8.58. The molecule has 1 saturated carbocycles. The van der Waals surface area contributed by atoms with Crippen molar-refractivity contribution in [2.24, 2.45) is 5.41 Å². The summed E-state index contributed by atoms with van der Waals surface area (Å²) in [6.45, 7) is 9.07. The molecule has 18 heavy (non-hydrogen) atoms. The maximum Gasteiger partial charge on any atom is 0.0835 e. The average molecular weight is 253 g/mol. The lowest BCUT2D eigenvalue weighted by Gasteiger charge is -2.45. The first kappa shape index (κ1) is 14.3. The maximum atomic E-state index is 6.33. The quantitative estimate of drug-likeness (QED) is 0.824. The highest BCUT2D eigenvalue weighted by Gasteiger charge is 2.43. The summed E-state index contributed by atoms with van der Waals surface area (Å²) < 4.78 is 6.33. The molecule has 1 saturated heterocycles. The van der Waals surface area contributed by atoms with Gasteiger partial charge in [-0.3, -0.25) is 0 Å². The molecule has 1 N–H and O–H groups in total. The molecule has 2 nitrogen and oxygen atoms in total. The molecule has 0 aromatic carbocycles. The molecule has 1 aliphatic heterocycles. The predicted molar refractivity (Wildman–Crippen MR) is 76.9 cm³/mol. The summed E-state index contributed by atoms with van der Waals surface area (Å²) >= 11 is 0. The third-order valence-electron chi connectivity index (χ3n) is 5.04. The summed E-state index contributed by atoms with van der Waals surface area (Å²) in [6.07, 6.45) is 10.4. The van der Waals surface area contributed by atoms with Crippen LogP contribution in [0, 0.1) is 5.41 Å². The molecule has 106 valence electrons. The molecule has 1 spiro atoms. The molecule has 1 aliphatic carbocycles. The van der Waals surface area contributed by atoms with Crippen molar-refractivity contribution in [2.75, 3.05) is 13.2 Å². The molecule has 0 amide bonds. The first-order valence-electron chi connectivity index (χ1n) is 7.95. The normalized spacial score (nSPS) is 36.5. The molecule has 0 radical (unpaired) electrons. The number of hydrogen-bond donors (Lipinski definition) is 1. The third kappa shape index (κ3) is 3.27. The Hall–Kier alpha value is -0.0800. The molecule has 2 fully saturated rings. The van der Waals surface area contributed by atoms with E-state index in [0.29, 0.717) is 11.5 Å². The zero-order chi connectivity index (χ0) is 13.1. The van der Waals surface area contributed by atoms with Gasteiger partial charge >= 0.3 is 0 Å². The van der Waals surface area contributed by atoms with Crippen molar-refractivity contribution in [2.45, 2.75) is 83.8 Å². The second kappa shape index (κ2) is 5.92. The molecule has 0 bridgehead atoms. The van der Waals surface area contributed by atoms with E-state index in [2.05, 4.69) is 26.1 Å². The topological polar surface area (TPSA) is 21.3 Å². The molecule has 2 heteroatoms. The zero-order valence-corrected chi connectivity index (χ0v) is 12.6. The molecule has 2 atom stereocenters. The number of morpholine rings is 1. The van der Waals surface area contributed by atoms with Gasteiger partial charge < -0.3 is 10.1 Å². The number of unbranched alkanes of at least 4 members (excludes halogenated alkanes) is 1. The minimum absolute atomic E-state index is 0.154. The van der Waals surface area contributed by atoms with Crippen molar-refractivity contribution < 1.29 is 4.74 Å². The van der Waals surface area contributed by atoms with Crippen LogP contribution in [0.3, 0.4) is 0 Å². The van der Waals surface area contributed by atoms with E-state index < -0.39 is 0 Å². The van der Waals surface area contributed by atoms with Crippen LogP contribution in [0.2, 0.25) is 0 Å². The highest BCUT2D eigenvalue weighted by atomic mass is 16.5. The van der Waals surface area contributed by atoms with Crippen LogP contribution >= 0.6 is 0 Å². The van der Waals surface area contributed by atoms with Gasteiger partial charge in [-0.1, -0.05) is 33.6 Å². The van der Waals surface area contributed by atoms with Crippen molar-refractivity contribution in [3.05, 3.63) is 0 Å². The Kier molecular flexibility index (Phi) is 4.71. The molecule has 0 aromatic heterocycles. The molecular formula is C16H31NO. The fourth-order valence-electron chi connectivity index (χ4n) is 3.71. The highest BCUT2D eigenvalue weighted by Crippen LogP contribution is 2.43. The lowest BCUT2D eigenvalue weighted by molar-refractivity contribution is -0.109. The SMILES string of the molecule is CCCCC1NCCOC12CCCC(C)(C)CC2. The van der Waals surface area contributed by atoms with Crippen LogP contribution in [-0.2, 0) is 4.74 Å². The van der Waals surface area contributed by atoms with E-state index in [1.54, 1.807) is 0 Å². The predicted octanol–water partition coefficient (Wildman–Crippen LogP) is 3.89. The van der Waals surface area contributed by atoms with Gasteiger partial charge in [0, 0.05) is 12.6 Å². The Morgan fingerprint density at radius 1 is 1.17 bits per heavy atom. The van der Waals surface area contributed by atoms with Crippen LogP contribution < -0.4 is 5.32 Å². The van der Waals surface area contributed by atoms with E-state index in [4.69, 9.17) is 4.74 Å². The van der Waals surface area contributed by atoms with Crippen molar-refractivity contribution in [3.8, 4) is 0 Å². The number of ether oxygens (including phenoxy) is 1. The summed E-state index contributed by atoms with van der Waals surface area (Å²) in [5, 5.41) is 3.74. The van der Waals surface area contributed by atoms with Crippen LogP contribution in [0.15, 0.2) is 0 Å². The van der Waals surface area contributed by atoms with Crippen molar-refractivity contribution in [3.63, 3.8) is 0 Å². The molecular weight excluding hydrogens is 222 g/mol. The standard InChI is InChI=1S/C16H31NO/c1-4-5-7-14-16(18-13-12-17-14)9-6-8-15(2,3)10-11-16/h14,17H,4-13H2,1-3H3. The van der Waals surface area contributed by atoms with Gasteiger partial charge in [0.1, 0.15) is 0 Å². The van der Waals surface area contributed by atoms with Crippen LogP contribution in [-0.4, -0.2) is 24.8 Å². The third-order valence-corrected chi connectivity index (χ3v) is 5.04. The van der Waals surface area contributed by atoms with Gasteiger partial charge in [0.2, 0.25) is 0 Å². The smallest absolute Gasteiger partial charge is 0.0835 e. The molecule has 0 aromatic rings. The van der Waals surface area contributed by atoms with Gasteiger partial charge in [0.05, 0.1) is 12.2 Å². The van der Waals surface area contributed by atoms with Crippen molar-refractivity contribution in [1.29, 1.82) is 0 Å². The largest absolute Gasteiger partial charge is 0.372 e. The van der Waals surface area contributed by atoms with Crippen LogP contribution in [0.1, 0.15) is 72.1 Å². The van der Waals surface area contributed by atoms with E-state index in [0.717, 1.165) is 13.2 Å². The van der Waals surface area contributed by atoms with E-state index in [9.17, 15) is 0 Å². The van der Waals surface area contributed by atoms with E-state index in [-0.39, 0.29) is 5.60 Å². The van der Waals surface area contributed by atoms with Gasteiger partial charge in [0.15, 0.2) is 0 Å². The fraction of sp³-hybridized carbons (Fsp3) is 1.00. The Morgan fingerprint density at radius 2 is 2.00 bits per heavy atom. The summed E-state index contributed by atoms with van der Waals surface area (Å²) in [7, 11) is 0. The van der Waals surface area contributed by atoms with Crippen LogP contribution in [0.5, 0.6) is 0 Å². The Bertz CT molecular complexity index is 264. The van der Waals surface area contributed by atoms with Crippen molar-refractivity contribution >= 4 is 0 Å². The summed E-state index contributed by atoms with van der Waals surface area (Å²) in [4.78, 5) is 0. The number of hydrogen-bond acceptors (Lipinski definition) is 2. The maximum absolute atomic E-state index is 6.33. The molecule has 2 rings (SSSR count). The van der Waals surface area contributed by atoms with E-state index in [1.165, 1.54) is 51.4 Å². The summed E-state index contributed by atoms with van der Waals surface area (Å²) in [6, 6.07) is 0.597. The van der Waals surface area contributed by atoms with Gasteiger partial charge in [-0.2, -0.15) is 0 Å². The second-order valence-corrected chi connectivity index (χ2v) is 7.08. The Labute approximate surface area is 113 Å². The Balaban J connectivity index is 2.05. The minimum Gasteiger partial charge on any atom is -0.372 e. The monoisotopic (exact) mass is 253 g/mol. The fourth-order valence-corrected chi connectivity index (χ4v) is 3.71. The Morgan fingerprint density at radius 3 is 2.78 bits per heavy atom. The van der Waals surface area contributed by atoms with Crippen molar-refractivity contribution in [1.82, 2.24) is 5.32 Å². The average Bonchev–Trinajstić information content (AvgIpc) is 2.49. The second-order valence-electron chi connectivity index (χ2n) is 7.08. The van der Waals surface area contributed by atoms with Gasteiger partial charge in [-0.25, -0.2) is 0 Å². The molecule has 2 aliphatic rings. The van der Waals surface area contributed by atoms with Gasteiger partial charge in [0.25, 0.3) is 0 Å². The highest BCUT2D eigenvalue weighted by molar-refractivity contribution is 4.98.